The number of aromatic nitrogens is 2. The summed E-state index contributed by atoms with van der Waals surface area (Å²) in [4.78, 5) is 33.0. The molecule has 0 bridgehead atoms. The number of nitrogens with one attached hydrogen (secondary N) is 2. The summed E-state index contributed by atoms with van der Waals surface area (Å²) >= 11 is 1.63. The van der Waals surface area contributed by atoms with Gasteiger partial charge >= 0.3 is 0 Å². The molecule has 1 aromatic carbocycles. The van der Waals surface area contributed by atoms with Crippen LogP contribution in [0.4, 0.5) is 5.95 Å². The van der Waals surface area contributed by atoms with E-state index in [0.29, 0.717) is 5.95 Å². The maximum atomic E-state index is 13.7. The molecule has 2 N–H and O–H groups in total. The normalized spacial score (nSPS) is 16.9. The summed E-state index contributed by atoms with van der Waals surface area (Å²) in [5.41, 5.74) is 7.87. The van der Waals surface area contributed by atoms with Gasteiger partial charge in [0, 0.05) is 17.0 Å². The lowest BCUT2D eigenvalue weighted by Gasteiger charge is -2.26. The summed E-state index contributed by atoms with van der Waals surface area (Å²) < 4.78 is 1.81. The predicted molar refractivity (Wildman–Crippen MR) is 130 cm³/mol. The van der Waals surface area contributed by atoms with Crippen LogP contribution >= 0.6 is 11.3 Å². The minimum Gasteiger partial charge on any atom is -0.274 e. The number of nitrogens with zero attached hydrogens (tertiary/aromatic N) is 2. The highest BCUT2D eigenvalue weighted by atomic mass is 32.1. The Kier molecular flexibility index (Phi) is 6.08. The molecule has 2 aromatic heterocycles. The number of amides is 1. The first-order valence-electron chi connectivity index (χ1n) is 11.6. The topological polar surface area (TPSA) is 76.0 Å². The second-order valence-electron chi connectivity index (χ2n) is 8.65. The molecule has 32 heavy (non-hydrogen) atoms. The van der Waals surface area contributed by atoms with Crippen LogP contribution in [0.5, 0.6) is 0 Å². The van der Waals surface area contributed by atoms with E-state index in [0.717, 1.165) is 60.7 Å². The molecular weight excluding hydrogens is 420 g/mol. The Morgan fingerprint density at radius 1 is 1.06 bits per heavy atom. The maximum Gasteiger partial charge on any atom is 0.264 e. The zero-order chi connectivity index (χ0) is 21.9. The minimum atomic E-state index is -0.288. The number of benzene rings is 1. The number of hydrazine groups is 1. The molecule has 2 heterocycles. The highest BCUT2D eigenvalue weighted by Gasteiger charge is 2.26. The molecule has 1 fully saturated rings. The Balaban J connectivity index is 1.46. The van der Waals surface area contributed by atoms with Crippen molar-refractivity contribution in [2.24, 2.45) is 0 Å². The standard InChI is InChI=1S/C25H28N4O2S/c30-21(16-15-17-9-3-1-4-10-17)27-28-25-26-23-22(19-13-7-8-14-20(19)32-23)24(31)29(25)18-11-5-2-6-12-18/h1,3-4,9-10,15-16,18H,2,5-8,11-14H2,(H,26,28)(H,27,30). The molecule has 0 radical (unpaired) electrons. The van der Waals surface area contributed by atoms with Crippen molar-refractivity contribution in [3.05, 3.63) is 62.8 Å². The molecule has 2 aliphatic carbocycles. The van der Waals surface area contributed by atoms with E-state index < -0.39 is 0 Å². The average Bonchev–Trinajstić information content (AvgIpc) is 3.21. The van der Waals surface area contributed by atoms with E-state index in [-0.39, 0.29) is 17.5 Å². The third kappa shape index (κ3) is 4.21. The van der Waals surface area contributed by atoms with Crippen molar-refractivity contribution in [2.75, 3.05) is 5.43 Å². The van der Waals surface area contributed by atoms with Gasteiger partial charge in [0.05, 0.1) is 5.39 Å². The third-order valence-electron chi connectivity index (χ3n) is 6.49. The summed E-state index contributed by atoms with van der Waals surface area (Å²) in [6, 6.07) is 9.79. The van der Waals surface area contributed by atoms with Gasteiger partial charge in [-0.15, -0.1) is 11.3 Å². The number of anilines is 1. The Labute approximate surface area is 191 Å². The van der Waals surface area contributed by atoms with Gasteiger partial charge in [-0.2, -0.15) is 0 Å². The number of aryl methyl sites for hydroxylation is 2. The quantitative estimate of drug-likeness (QED) is 0.425. The van der Waals surface area contributed by atoms with Gasteiger partial charge in [-0.05, 0) is 55.7 Å². The lowest BCUT2D eigenvalue weighted by atomic mass is 9.94. The first-order chi connectivity index (χ1) is 15.7. The fourth-order valence-electron chi connectivity index (χ4n) is 4.88. The summed E-state index contributed by atoms with van der Waals surface area (Å²) in [6.45, 7) is 0. The predicted octanol–water partition coefficient (Wildman–Crippen LogP) is 5.00. The first-order valence-corrected chi connectivity index (χ1v) is 12.4. The fourth-order valence-corrected chi connectivity index (χ4v) is 6.13. The number of hydrogen-bond acceptors (Lipinski definition) is 5. The Morgan fingerprint density at radius 2 is 1.84 bits per heavy atom. The molecule has 0 spiro atoms. The van der Waals surface area contributed by atoms with Gasteiger partial charge in [0.15, 0.2) is 0 Å². The zero-order valence-electron chi connectivity index (χ0n) is 18.1. The summed E-state index contributed by atoms with van der Waals surface area (Å²) in [5, 5.41) is 0.802. The van der Waals surface area contributed by atoms with Gasteiger partial charge in [0.2, 0.25) is 5.95 Å². The maximum absolute atomic E-state index is 13.7. The van der Waals surface area contributed by atoms with E-state index in [2.05, 4.69) is 10.9 Å². The van der Waals surface area contributed by atoms with Crippen molar-refractivity contribution >= 4 is 39.5 Å². The van der Waals surface area contributed by atoms with Crippen LogP contribution < -0.4 is 16.4 Å². The van der Waals surface area contributed by atoms with Gasteiger partial charge in [-0.25, -0.2) is 4.98 Å². The molecule has 5 rings (SSSR count). The highest BCUT2D eigenvalue weighted by Crippen LogP contribution is 2.36. The molecule has 0 unspecified atom stereocenters. The number of rotatable bonds is 5. The molecule has 1 amide bonds. The summed E-state index contributed by atoms with van der Waals surface area (Å²) in [7, 11) is 0. The largest absolute Gasteiger partial charge is 0.274 e. The molecule has 2 aliphatic rings. The van der Waals surface area contributed by atoms with Gasteiger partial charge in [-0.3, -0.25) is 25.0 Å². The van der Waals surface area contributed by atoms with E-state index in [9.17, 15) is 9.59 Å². The smallest absolute Gasteiger partial charge is 0.264 e. The van der Waals surface area contributed by atoms with Gasteiger partial charge in [0.25, 0.3) is 11.5 Å². The number of thiophene rings is 1. The second-order valence-corrected chi connectivity index (χ2v) is 9.74. The molecule has 6 nitrogen and oxygen atoms in total. The summed E-state index contributed by atoms with van der Waals surface area (Å²) in [5.74, 6) is 0.151. The molecular formula is C25H28N4O2S. The number of carbonyl (C=O) groups is 1. The number of carbonyl (C=O) groups excluding carboxylic acids is 1. The van der Waals surface area contributed by atoms with Crippen LogP contribution in [0, 0.1) is 0 Å². The van der Waals surface area contributed by atoms with Gasteiger partial charge in [-0.1, -0.05) is 49.6 Å². The van der Waals surface area contributed by atoms with Crippen LogP contribution in [0.15, 0.2) is 41.2 Å². The van der Waals surface area contributed by atoms with Crippen LogP contribution in [-0.4, -0.2) is 15.5 Å². The van der Waals surface area contributed by atoms with Crippen LogP contribution in [0.2, 0.25) is 0 Å². The monoisotopic (exact) mass is 448 g/mol. The lowest BCUT2D eigenvalue weighted by Crippen LogP contribution is -2.35. The highest BCUT2D eigenvalue weighted by molar-refractivity contribution is 7.18. The van der Waals surface area contributed by atoms with E-state index in [1.54, 1.807) is 17.4 Å². The Hall–Kier alpha value is -2.93. The van der Waals surface area contributed by atoms with Crippen LogP contribution in [-0.2, 0) is 17.6 Å². The van der Waals surface area contributed by atoms with E-state index >= 15 is 0 Å². The zero-order valence-corrected chi connectivity index (χ0v) is 18.9. The Bertz CT molecular complexity index is 1210. The molecule has 1 saturated carbocycles. The molecule has 3 aromatic rings. The van der Waals surface area contributed by atoms with Gasteiger partial charge < -0.3 is 0 Å². The van der Waals surface area contributed by atoms with Gasteiger partial charge in [0.1, 0.15) is 4.83 Å². The molecule has 0 saturated heterocycles. The fraction of sp³-hybridized carbons (Fsp3) is 0.400. The summed E-state index contributed by atoms with van der Waals surface area (Å²) in [6.07, 6.45) is 12.9. The van der Waals surface area contributed by atoms with E-state index in [1.165, 1.54) is 29.4 Å². The second kappa shape index (κ2) is 9.28. The molecule has 7 heteroatoms. The van der Waals surface area contributed by atoms with E-state index in [4.69, 9.17) is 4.98 Å². The molecule has 0 aliphatic heterocycles. The lowest BCUT2D eigenvalue weighted by molar-refractivity contribution is -0.116. The van der Waals surface area contributed by atoms with Crippen molar-refractivity contribution in [2.45, 2.75) is 63.8 Å². The van der Waals surface area contributed by atoms with Crippen molar-refractivity contribution in [3.8, 4) is 0 Å². The average molecular weight is 449 g/mol. The van der Waals surface area contributed by atoms with Crippen molar-refractivity contribution < 1.29 is 4.79 Å². The number of fused-ring (bicyclic) bond motifs is 3. The third-order valence-corrected chi connectivity index (χ3v) is 7.67. The van der Waals surface area contributed by atoms with Crippen molar-refractivity contribution in [3.63, 3.8) is 0 Å². The number of hydrogen-bond donors (Lipinski definition) is 2. The minimum absolute atomic E-state index is 0.0397. The van der Waals surface area contributed by atoms with E-state index in [1.807, 2.05) is 34.9 Å². The molecule has 0 atom stereocenters. The first kappa shape index (κ1) is 20.9. The Morgan fingerprint density at radius 3 is 2.66 bits per heavy atom. The van der Waals surface area contributed by atoms with Crippen LogP contribution in [0.3, 0.4) is 0 Å². The van der Waals surface area contributed by atoms with Crippen LogP contribution in [0.1, 0.15) is 67.0 Å². The van der Waals surface area contributed by atoms with Crippen molar-refractivity contribution in [1.29, 1.82) is 0 Å². The van der Waals surface area contributed by atoms with Crippen molar-refractivity contribution in [1.82, 2.24) is 15.0 Å². The van der Waals surface area contributed by atoms with Crippen LogP contribution in [0.25, 0.3) is 16.3 Å². The molecule has 166 valence electrons. The SMILES string of the molecule is O=C(C=Cc1ccccc1)NNc1nc2sc3c(c2c(=O)n1C1CCCCC1)CCCC3.